The third kappa shape index (κ3) is 10.1. The molecule has 1 aliphatic heterocycles. The van der Waals surface area contributed by atoms with Gasteiger partial charge in [-0.25, -0.2) is 24.3 Å². The fourth-order valence-electron chi connectivity index (χ4n) is 4.92. The number of likely N-dealkylation sites (tertiary alicyclic amines) is 1. The van der Waals surface area contributed by atoms with Crippen LogP contribution in [0.3, 0.4) is 0 Å². The van der Waals surface area contributed by atoms with Gasteiger partial charge in [0.15, 0.2) is 11.5 Å². The first kappa shape index (κ1) is 36.8. The second-order valence-electron chi connectivity index (χ2n) is 11.7. The molecule has 0 radical (unpaired) electrons. The fraction of sp³-hybridized carbons (Fsp3) is 0.135. The van der Waals surface area contributed by atoms with Crippen molar-refractivity contribution in [3.05, 3.63) is 144 Å². The lowest BCUT2D eigenvalue weighted by molar-refractivity contribution is -0.139. The van der Waals surface area contributed by atoms with Crippen molar-refractivity contribution in [3.63, 3.8) is 0 Å². The molecule has 2 aromatic heterocycles. The van der Waals surface area contributed by atoms with E-state index in [2.05, 4.69) is 25.3 Å². The molecule has 54 heavy (non-hydrogen) atoms. The number of benzene rings is 3. The van der Waals surface area contributed by atoms with Crippen molar-refractivity contribution in [2.45, 2.75) is 25.9 Å². The molecule has 1 fully saturated rings. The first-order valence-electron chi connectivity index (χ1n) is 16.4. The van der Waals surface area contributed by atoms with Gasteiger partial charge in [-0.2, -0.15) is 8.42 Å². The number of anilines is 2. The van der Waals surface area contributed by atoms with Gasteiger partial charge in [-0.05, 0) is 28.8 Å². The first-order valence-corrected chi connectivity index (χ1v) is 17.8. The van der Waals surface area contributed by atoms with Gasteiger partial charge < -0.3 is 24.8 Å². The van der Waals surface area contributed by atoms with Crippen LogP contribution < -0.4 is 29.6 Å². The number of hydrogen-bond donors (Lipinski definition) is 4. The van der Waals surface area contributed by atoms with E-state index < -0.39 is 40.2 Å². The summed E-state index contributed by atoms with van der Waals surface area (Å²) in [6.07, 6.45) is 1.72. The van der Waals surface area contributed by atoms with E-state index in [0.717, 1.165) is 16.7 Å². The van der Waals surface area contributed by atoms with E-state index in [9.17, 15) is 27.6 Å². The van der Waals surface area contributed by atoms with E-state index in [4.69, 9.17) is 14.2 Å². The predicted octanol–water partition coefficient (Wildman–Crippen LogP) is 4.39. The molecule has 276 valence electrons. The van der Waals surface area contributed by atoms with Crippen molar-refractivity contribution < 1.29 is 41.8 Å². The number of rotatable bonds is 14. The minimum atomic E-state index is -4.54. The Morgan fingerprint density at radius 3 is 1.91 bits per heavy atom. The molecule has 1 saturated heterocycles. The molecule has 3 aromatic carbocycles. The van der Waals surface area contributed by atoms with Crippen LogP contribution in [0.4, 0.5) is 21.1 Å². The van der Waals surface area contributed by atoms with Crippen LogP contribution in [-0.4, -0.2) is 59.8 Å². The van der Waals surface area contributed by atoms with E-state index in [-0.39, 0.29) is 43.6 Å². The van der Waals surface area contributed by atoms with E-state index >= 15 is 0 Å². The van der Waals surface area contributed by atoms with Crippen molar-refractivity contribution in [1.82, 2.24) is 24.9 Å². The summed E-state index contributed by atoms with van der Waals surface area (Å²) >= 11 is 0. The van der Waals surface area contributed by atoms with E-state index in [1.807, 2.05) is 66.7 Å². The van der Waals surface area contributed by atoms with E-state index in [0.29, 0.717) is 16.4 Å². The Morgan fingerprint density at radius 2 is 1.33 bits per heavy atom. The maximum Gasteiger partial charge on any atom is 0.408 e. The molecule has 0 aliphatic carbocycles. The molecule has 1 unspecified atom stereocenters. The van der Waals surface area contributed by atoms with Crippen LogP contribution in [0.2, 0.25) is 0 Å². The summed E-state index contributed by atoms with van der Waals surface area (Å²) in [7, 11) is -4.54. The lowest BCUT2D eigenvalue weighted by Gasteiger charge is -2.36. The third-order valence-corrected chi connectivity index (χ3v) is 8.62. The van der Waals surface area contributed by atoms with Crippen LogP contribution >= 0.6 is 0 Å². The average Bonchev–Trinajstić information content (AvgIpc) is 3.18. The van der Waals surface area contributed by atoms with Gasteiger partial charge in [0.25, 0.3) is 11.8 Å². The molecule has 5 aromatic rings. The van der Waals surface area contributed by atoms with Crippen LogP contribution in [-0.2, 0) is 39.6 Å². The Labute approximate surface area is 309 Å². The Balaban J connectivity index is 1.00. The molecule has 1 aliphatic rings. The molecular formula is C37H33N7O9S. The van der Waals surface area contributed by atoms with Crippen LogP contribution in [0.25, 0.3) is 0 Å². The lowest BCUT2D eigenvalue weighted by Crippen LogP contribution is -2.67. The number of pyridine rings is 2. The second kappa shape index (κ2) is 17.0. The Morgan fingerprint density at radius 1 is 0.741 bits per heavy atom. The second-order valence-corrected chi connectivity index (χ2v) is 13.1. The van der Waals surface area contributed by atoms with E-state index in [1.165, 1.54) is 30.6 Å². The van der Waals surface area contributed by atoms with E-state index in [1.54, 1.807) is 29.0 Å². The van der Waals surface area contributed by atoms with Gasteiger partial charge in [-0.15, -0.1) is 0 Å². The zero-order valence-corrected chi connectivity index (χ0v) is 29.2. The van der Waals surface area contributed by atoms with Crippen LogP contribution in [0.15, 0.2) is 122 Å². The molecule has 6 rings (SSSR count). The first-order chi connectivity index (χ1) is 26.1. The van der Waals surface area contributed by atoms with Gasteiger partial charge in [0, 0.05) is 6.07 Å². The van der Waals surface area contributed by atoms with Gasteiger partial charge in [0.05, 0.1) is 24.6 Å². The van der Waals surface area contributed by atoms with Crippen LogP contribution in [0.1, 0.15) is 27.2 Å². The molecule has 0 bridgehead atoms. The highest BCUT2D eigenvalue weighted by atomic mass is 32.2. The highest BCUT2D eigenvalue weighted by Crippen LogP contribution is 2.29. The highest BCUT2D eigenvalue weighted by Gasteiger charge is 2.43. The average molecular weight is 752 g/mol. The number of aromatic nitrogens is 2. The van der Waals surface area contributed by atoms with Gasteiger partial charge >= 0.3 is 22.3 Å². The van der Waals surface area contributed by atoms with Crippen molar-refractivity contribution in [2.24, 2.45) is 0 Å². The summed E-state index contributed by atoms with van der Waals surface area (Å²) in [5, 5.41) is 4.96. The number of nitrogens with zero attached hydrogens (tertiary/aromatic N) is 3. The van der Waals surface area contributed by atoms with Gasteiger partial charge in [-0.1, -0.05) is 91.0 Å². The van der Waals surface area contributed by atoms with Crippen molar-refractivity contribution in [3.8, 4) is 11.5 Å². The zero-order chi connectivity index (χ0) is 37.9. The quantitative estimate of drug-likeness (QED) is 0.117. The monoisotopic (exact) mass is 751 g/mol. The molecule has 17 heteroatoms. The number of amides is 5. The number of ether oxygens (including phenoxy) is 3. The number of urea groups is 1. The molecular weight excluding hydrogens is 719 g/mol. The largest absolute Gasteiger partial charge is 0.485 e. The summed E-state index contributed by atoms with van der Waals surface area (Å²) in [5.41, 5.74) is 2.80. The number of alkyl carbamates (subject to hydrolysis) is 1. The van der Waals surface area contributed by atoms with Crippen molar-refractivity contribution >= 4 is 45.7 Å². The van der Waals surface area contributed by atoms with Crippen LogP contribution in [0, 0.1) is 0 Å². The van der Waals surface area contributed by atoms with Gasteiger partial charge in [-0.3, -0.25) is 19.2 Å². The predicted molar refractivity (Wildman–Crippen MR) is 194 cm³/mol. The normalized spacial score (nSPS) is 13.5. The molecule has 3 heterocycles. The molecule has 1 atom stereocenters. The highest BCUT2D eigenvalue weighted by molar-refractivity contribution is 7.91. The zero-order valence-electron chi connectivity index (χ0n) is 28.4. The number of imide groups is 1. The SMILES string of the molecule is O=C(NC1CN(C(=O)NS(=O)(=O)Nc2ccc(NC(=O)c3cc(OCc4ccccc4)c(OCc4ccccc4)cn3)cn2)C1=O)OCc1ccccc1. The number of hydrogen-bond acceptors (Lipinski definition) is 11. The number of carbonyl (C=O) groups excluding carboxylic acids is 4. The Kier molecular flexibility index (Phi) is 11.6. The molecule has 4 N–H and O–H groups in total. The summed E-state index contributed by atoms with van der Waals surface area (Å²) in [4.78, 5) is 58.9. The Bertz CT molecular complexity index is 2210. The summed E-state index contributed by atoms with van der Waals surface area (Å²) in [6.45, 7) is 0.175. The minimum Gasteiger partial charge on any atom is -0.485 e. The minimum absolute atomic E-state index is 0.0136. The molecule has 0 saturated carbocycles. The van der Waals surface area contributed by atoms with Crippen molar-refractivity contribution in [1.29, 1.82) is 0 Å². The van der Waals surface area contributed by atoms with Gasteiger partial charge in [0.1, 0.15) is 37.4 Å². The number of nitrogens with one attached hydrogen (secondary N) is 4. The maximum atomic E-state index is 13.1. The molecule has 0 spiro atoms. The van der Waals surface area contributed by atoms with Crippen LogP contribution in [0.5, 0.6) is 11.5 Å². The standard InChI is InChI=1S/C37H33N7O9S/c45-34(29-18-31(51-22-25-10-4-1-5-11-25)32(20-38-29)52-23-26-12-6-2-7-13-26)40-28-16-17-33(39-19-28)42-54(49,50)43-36(47)44-21-30(35(44)46)41-37(48)53-24-27-14-8-3-9-15-27/h1-20,30H,21-24H2,(H,39,42)(H,40,45)(H,41,48)(H,43,47). The lowest BCUT2D eigenvalue weighted by atomic mass is 10.1. The summed E-state index contributed by atoms with van der Waals surface area (Å²) in [5.74, 6) is -0.984. The fourth-order valence-corrected chi connectivity index (χ4v) is 5.71. The topological polar surface area (TPSA) is 207 Å². The Hall–Kier alpha value is -7.01. The van der Waals surface area contributed by atoms with Crippen molar-refractivity contribution in [2.75, 3.05) is 16.6 Å². The smallest absolute Gasteiger partial charge is 0.408 e. The number of β-lactam (4-membered cyclic amide) rings is 1. The summed E-state index contributed by atoms with van der Waals surface area (Å²) in [6, 6.07) is 29.7. The molecule has 16 nitrogen and oxygen atoms in total. The summed E-state index contributed by atoms with van der Waals surface area (Å²) < 4.78 is 46.0. The third-order valence-electron chi connectivity index (χ3n) is 7.70. The van der Waals surface area contributed by atoms with Gasteiger partial charge in [0.2, 0.25) is 0 Å². The number of carbonyl (C=O) groups is 4. The molecule has 5 amide bonds. The maximum absolute atomic E-state index is 13.1.